The van der Waals surface area contributed by atoms with Crippen molar-refractivity contribution in [3.63, 3.8) is 0 Å². The molecule has 2 aromatic carbocycles. The van der Waals surface area contributed by atoms with Crippen molar-refractivity contribution in [3.8, 4) is 11.5 Å². The molecule has 104 valence electrons. The van der Waals surface area contributed by atoms with Gasteiger partial charge >= 0.3 is 0 Å². The fourth-order valence-electron chi connectivity index (χ4n) is 2.04. The van der Waals surface area contributed by atoms with E-state index < -0.39 is 5.91 Å². The number of benzene rings is 2. The predicted molar refractivity (Wildman–Crippen MR) is 78.0 cm³/mol. The van der Waals surface area contributed by atoms with Crippen LogP contribution in [-0.2, 0) is 0 Å². The summed E-state index contributed by atoms with van der Waals surface area (Å²) in [6.07, 6.45) is 0. The van der Waals surface area contributed by atoms with E-state index in [1.807, 2.05) is 0 Å². The number of nitrogen functional groups attached to an aromatic ring is 1. The Morgan fingerprint density at radius 1 is 1.10 bits per heavy atom. The number of para-hydroxylation sites is 2. The molecule has 4 N–H and O–H groups in total. The molecule has 0 aliphatic carbocycles. The van der Waals surface area contributed by atoms with Crippen LogP contribution in [0.5, 0.6) is 11.5 Å². The summed E-state index contributed by atoms with van der Waals surface area (Å²) in [5, 5.41) is 19.6. The van der Waals surface area contributed by atoms with Gasteiger partial charge in [-0.15, -0.1) is 0 Å². The van der Waals surface area contributed by atoms with Crippen molar-refractivity contribution < 1.29 is 15.0 Å². The molecule has 1 amide bonds. The number of nitrogens with two attached hydrogens (primary N) is 1. The Kier molecular flexibility index (Phi) is 3.79. The molecule has 0 unspecified atom stereocenters. The molecule has 0 aliphatic heterocycles. The van der Waals surface area contributed by atoms with E-state index in [1.54, 1.807) is 31.2 Å². The first-order chi connectivity index (χ1) is 9.56. The number of amides is 1. The largest absolute Gasteiger partial charge is 0.507 e. The lowest BCUT2D eigenvalue weighted by Crippen LogP contribution is -2.31. The molecule has 0 aliphatic rings. The van der Waals surface area contributed by atoms with Crippen LogP contribution in [-0.4, -0.2) is 22.7 Å². The molecule has 0 saturated carbocycles. The van der Waals surface area contributed by atoms with Crippen LogP contribution in [0.4, 0.5) is 11.4 Å². The molecule has 20 heavy (non-hydrogen) atoms. The molecular weight excluding hydrogens is 256 g/mol. The van der Waals surface area contributed by atoms with Gasteiger partial charge in [-0.25, -0.2) is 0 Å². The topological polar surface area (TPSA) is 86.8 Å². The Morgan fingerprint density at radius 2 is 1.70 bits per heavy atom. The highest BCUT2D eigenvalue weighted by atomic mass is 16.3. The van der Waals surface area contributed by atoms with Crippen LogP contribution in [0.25, 0.3) is 0 Å². The monoisotopic (exact) mass is 272 g/mol. The van der Waals surface area contributed by atoms with E-state index in [2.05, 4.69) is 0 Å². The van der Waals surface area contributed by atoms with Gasteiger partial charge in [0.1, 0.15) is 17.1 Å². The van der Waals surface area contributed by atoms with Gasteiger partial charge in [0.2, 0.25) is 0 Å². The molecule has 2 aromatic rings. The summed E-state index contributed by atoms with van der Waals surface area (Å²) < 4.78 is 0. The predicted octanol–water partition coefficient (Wildman–Crippen LogP) is 2.35. The zero-order chi connectivity index (χ0) is 14.7. The van der Waals surface area contributed by atoms with E-state index in [1.165, 1.54) is 23.1 Å². The maximum Gasteiger partial charge on any atom is 0.265 e. The number of carbonyl (C=O) groups is 1. The van der Waals surface area contributed by atoms with E-state index >= 15 is 0 Å². The Labute approximate surface area is 116 Å². The zero-order valence-corrected chi connectivity index (χ0v) is 11.1. The quantitative estimate of drug-likeness (QED) is 0.748. The molecule has 0 heterocycles. The molecule has 5 heteroatoms. The summed E-state index contributed by atoms with van der Waals surface area (Å²) >= 11 is 0. The zero-order valence-electron chi connectivity index (χ0n) is 11.1. The number of rotatable bonds is 3. The molecule has 0 spiro atoms. The average molecular weight is 272 g/mol. The van der Waals surface area contributed by atoms with Crippen molar-refractivity contribution in [2.75, 3.05) is 17.2 Å². The van der Waals surface area contributed by atoms with Gasteiger partial charge < -0.3 is 20.8 Å². The molecule has 0 saturated heterocycles. The van der Waals surface area contributed by atoms with Gasteiger partial charge in [0.25, 0.3) is 5.91 Å². The summed E-state index contributed by atoms with van der Waals surface area (Å²) in [5.74, 6) is -1.02. The van der Waals surface area contributed by atoms with Crippen LogP contribution in [0.2, 0.25) is 0 Å². The Balaban J connectivity index is 2.48. The summed E-state index contributed by atoms with van der Waals surface area (Å²) in [6, 6.07) is 11.1. The Hall–Kier alpha value is -2.69. The minimum absolute atomic E-state index is 0.127. The number of aromatic hydroxyl groups is 2. The van der Waals surface area contributed by atoms with Gasteiger partial charge in [0.15, 0.2) is 0 Å². The maximum atomic E-state index is 12.5. The van der Waals surface area contributed by atoms with Crippen LogP contribution in [0, 0.1) is 0 Å². The van der Waals surface area contributed by atoms with Crippen LogP contribution in [0.1, 0.15) is 17.3 Å². The lowest BCUT2D eigenvalue weighted by Gasteiger charge is -2.23. The minimum Gasteiger partial charge on any atom is -0.507 e. The van der Waals surface area contributed by atoms with Gasteiger partial charge in [-0.1, -0.05) is 18.2 Å². The van der Waals surface area contributed by atoms with Gasteiger partial charge in [0, 0.05) is 6.54 Å². The molecule has 0 bridgehead atoms. The van der Waals surface area contributed by atoms with Crippen molar-refractivity contribution in [1.29, 1.82) is 0 Å². The number of carbonyl (C=O) groups excluding carboxylic acids is 1. The third kappa shape index (κ3) is 2.38. The standard InChI is InChI=1S/C15H16N2O3/c1-2-17(11-7-4-3-6-10(11)16)15(20)14-12(18)8-5-9-13(14)19/h3-9,18-19H,2,16H2,1H3. The lowest BCUT2D eigenvalue weighted by molar-refractivity contribution is 0.0983. The number of hydrogen-bond acceptors (Lipinski definition) is 4. The third-order valence-electron chi connectivity index (χ3n) is 3.02. The SMILES string of the molecule is CCN(C(=O)c1c(O)cccc1O)c1ccccc1N. The highest BCUT2D eigenvalue weighted by Crippen LogP contribution is 2.31. The average Bonchev–Trinajstić information content (AvgIpc) is 2.41. The Bertz CT molecular complexity index is 621. The van der Waals surface area contributed by atoms with Gasteiger partial charge in [-0.05, 0) is 31.2 Å². The molecule has 0 fully saturated rings. The second-order valence-corrected chi connectivity index (χ2v) is 4.28. The first kappa shape index (κ1) is 13.7. The van der Waals surface area contributed by atoms with Crippen LogP contribution < -0.4 is 10.6 Å². The van der Waals surface area contributed by atoms with Crippen LogP contribution in [0.15, 0.2) is 42.5 Å². The van der Waals surface area contributed by atoms with E-state index in [9.17, 15) is 15.0 Å². The van der Waals surface area contributed by atoms with E-state index in [-0.39, 0.29) is 17.1 Å². The summed E-state index contributed by atoms with van der Waals surface area (Å²) in [7, 11) is 0. The summed E-state index contributed by atoms with van der Waals surface area (Å²) in [4.78, 5) is 13.9. The molecular formula is C15H16N2O3. The third-order valence-corrected chi connectivity index (χ3v) is 3.02. The van der Waals surface area contributed by atoms with Gasteiger partial charge in [-0.2, -0.15) is 0 Å². The van der Waals surface area contributed by atoms with Crippen molar-refractivity contribution in [2.24, 2.45) is 0 Å². The number of anilines is 2. The minimum atomic E-state index is -0.499. The van der Waals surface area contributed by atoms with Crippen LogP contribution >= 0.6 is 0 Å². The first-order valence-electron chi connectivity index (χ1n) is 6.23. The maximum absolute atomic E-state index is 12.5. The fourth-order valence-corrected chi connectivity index (χ4v) is 2.04. The van der Waals surface area contributed by atoms with Gasteiger partial charge in [-0.3, -0.25) is 4.79 Å². The number of phenolic OH excluding ortho intramolecular Hbond substituents is 2. The molecule has 0 radical (unpaired) electrons. The second-order valence-electron chi connectivity index (χ2n) is 4.28. The van der Waals surface area contributed by atoms with Crippen molar-refractivity contribution in [2.45, 2.75) is 6.92 Å². The summed E-state index contributed by atoms with van der Waals surface area (Å²) in [6.45, 7) is 2.15. The van der Waals surface area contributed by atoms with E-state index in [0.717, 1.165) is 0 Å². The molecule has 0 atom stereocenters. The molecule has 5 nitrogen and oxygen atoms in total. The summed E-state index contributed by atoms with van der Waals surface area (Å²) in [5.41, 5.74) is 6.74. The van der Waals surface area contributed by atoms with E-state index in [4.69, 9.17) is 5.73 Å². The van der Waals surface area contributed by atoms with Crippen molar-refractivity contribution in [3.05, 3.63) is 48.0 Å². The normalized spacial score (nSPS) is 10.2. The van der Waals surface area contributed by atoms with Gasteiger partial charge in [0.05, 0.1) is 11.4 Å². The number of phenols is 2. The lowest BCUT2D eigenvalue weighted by atomic mass is 10.1. The molecule has 2 rings (SSSR count). The smallest absolute Gasteiger partial charge is 0.265 e. The highest BCUT2D eigenvalue weighted by molar-refractivity contribution is 6.10. The highest BCUT2D eigenvalue weighted by Gasteiger charge is 2.23. The first-order valence-corrected chi connectivity index (χ1v) is 6.23. The van der Waals surface area contributed by atoms with E-state index in [0.29, 0.717) is 17.9 Å². The Morgan fingerprint density at radius 3 is 2.25 bits per heavy atom. The van der Waals surface area contributed by atoms with Crippen molar-refractivity contribution in [1.82, 2.24) is 0 Å². The fraction of sp³-hybridized carbons (Fsp3) is 0.133. The number of hydrogen-bond donors (Lipinski definition) is 3. The molecule has 0 aromatic heterocycles. The second kappa shape index (κ2) is 5.52. The van der Waals surface area contributed by atoms with Crippen molar-refractivity contribution >= 4 is 17.3 Å². The van der Waals surface area contributed by atoms with Crippen LogP contribution in [0.3, 0.4) is 0 Å². The number of nitrogens with zero attached hydrogens (tertiary/aromatic N) is 1.